The van der Waals surface area contributed by atoms with Crippen LogP contribution in [0.15, 0.2) is 36.4 Å². The largest absolute Gasteiger partial charge is 0.349 e. The number of carbonyl (C=O) groups is 2. The van der Waals surface area contributed by atoms with Crippen molar-refractivity contribution in [2.45, 2.75) is 63.6 Å². The Labute approximate surface area is 207 Å². The Morgan fingerprint density at radius 1 is 0.971 bits per heavy atom. The number of piperidine rings is 1. The van der Waals surface area contributed by atoms with Crippen LogP contribution in [0.3, 0.4) is 0 Å². The van der Waals surface area contributed by atoms with Gasteiger partial charge in [0, 0.05) is 30.4 Å². The highest BCUT2D eigenvalue weighted by molar-refractivity contribution is 6.04. The van der Waals surface area contributed by atoms with Crippen LogP contribution in [0.25, 0.3) is 0 Å². The van der Waals surface area contributed by atoms with Gasteiger partial charge in [-0.15, -0.1) is 0 Å². The Hall–Kier alpha value is -3.13. The molecule has 8 nitrogen and oxygen atoms in total. The third-order valence-corrected chi connectivity index (χ3v) is 7.76. The van der Waals surface area contributed by atoms with Crippen molar-refractivity contribution < 1.29 is 9.59 Å². The van der Waals surface area contributed by atoms with E-state index in [0.29, 0.717) is 11.6 Å². The summed E-state index contributed by atoms with van der Waals surface area (Å²) >= 11 is 0. The number of rotatable bonds is 5. The van der Waals surface area contributed by atoms with E-state index in [4.69, 9.17) is 4.98 Å². The number of aromatic nitrogens is 1. The first-order valence-electron chi connectivity index (χ1n) is 12.8. The number of benzene rings is 1. The van der Waals surface area contributed by atoms with Crippen molar-refractivity contribution in [3.05, 3.63) is 42.0 Å². The number of carbonyl (C=O) groups excluding carboxylic acids is 2. The second-order valence-corrected chi connectivity index (χ2v) is 10.2. The van der Waals surface area contributed by atoms with Crippen LogP contribution in [0.1, 0.15) is 55.8 Å². The number of nitrogens with zero attached hydrogens (tertiary/aromatic N) is 4. The third kappa shape index (κ3) is 4.85. The first kappa shape index (κ1) is 23.6. The molecule has 1 saturated carbocycles. The lowest BCUT2D eigenvalue weighted by Crippen LogP contribution is -2.54. The van der Waals surface area contributed by atoms with E-state index >= 15 is 0 Å². The van der Waals surface area contributed by atoms with E-state index < -0.39 is 0 Å². The van der Waals surface area contributed by atoms with Crippen molar-refractivity contribution in [3.8, 4) is 0 Å². The SMILES string of the molecule is C[C@H]1C(=O)N(C)c2ccc(Nc3ccc(C(=O)NC4CCN(C)CC4)cc3)nc2N1C1CCCC1. The molecule has 5 rings (SSSR count). The molecule has 2 amide bonds. The zero-order chi connectivity index (χ0) is 24.5. The van der Waals surface area contributed by atoms with E-state index in [1.807, 2.05) is 50.4 Å². The topological polar surface area (TPSA) is 80.8 Å². The van der Waals surface area contributed by atoms with Crippen LogP contribution in [0.4, 0.5) is 23.0 Å². The molecule has 2 N–H and O–H groups in total. The smallest absolute Gasteiger partial charge is 0.251 e. The van der Waals surface area contributed by atoms with Gasteiger partial charge in [-0.05, 0) is 89.1 Å². The van der Waals surface area contributed by atoms with Crippen LogP contribution < -0.4 is 20.4 Å². The van der Waals surface area contributed by atoms with Gasteiger partial charge in [0.2, 0.25) is 5.91 Å². The molecule has 0 bridgehead atoms. The third-order valence-electron chi connectivity index (χ3n) is 7.76. The summed E-state index contributed by atoms with van der Waals surface area (Å²) in [6.07, 6.45) is 6.57. The number of hydrogen-bond donors (Lipinski definition) is 2. The summed E-state index contributed by atoms with van der Waals surface area (Å²) in [7, 11) is 3.94. The van der Waals surface area contributed by atoms with Crippen LogP contribution in [-0.2, 0) is 4.79 Å². The average Bonchev–Trinajstić information content (AvgIpc) is 3.39. The molecular weight excluding hydrogens is 440 g/mol. The Balaban J connectivity index is 1.30. The summed E-state index contributed by atoms with van der Waals surface area (Å²) in [5.41, 5.74) is 2.38. The molecule has 8 heteroatoms. The fourth-order valence-corrected chi connectivity index (χ4v) is 5.61. The highest BCUT2D eigenvalue weighted by Crippen LogP contribution is 2.39. The van der Waals surface area contributed by atoms with E-state index in [2.05, 4.69) is 27.5 Å². The molecule has 0 radical (unpaired) electrons. The van der Waals surface area contributed by atoms with Crippen LogP contribution in [0, 0.1) is 0 Å². The molecule has 0 unspecified atom stereocenters. The number of anilines is 4. The number of likely N-dealkylation sites (tertiary alicyclic amines) is 1. The molecule has 1 aliphatic carbocycles. The molecule has 1 saturated heterocycles. The molecule has 3 heterocycles. The van der Waals surface area contributed by atoms with E-state index in [1.165, 1.54) is 12.8 Å². The Kier molecular flexibility index (Phi) is 6.65. The Morgan fingerprint density at radius 2 is 1.66 bits per heavy atom. The molecule has 186 valence electrons. The van der Waals surface area contributed by atoms with Gasteiger partial charge in [0.05, 0.1) is 5.69 Å². The van der Waals surface area contributed by atoms with E-state index in [0.717, 1.165) is 61.8 Å². The highest BCUT2D eigenvalue weighted by Gasteiger charge is 2.39. The quantitative estimate of drug-likeness (QED) is 0.684. The number of amides is 2. The average molecular weight is 477 g/mol. The number of likely N-dealkylation sites (N-methyl/N-ethyl adjacent to an activating group) is 1. The number of nitrogens with one attached hydrogen (secondary N) is 2. The Morgan fingerprint density at radius 3 is 2.34 bits per heavy atom. The number of hydrogen-bond acceptors (Lipinski definition) is 6. The highest BCUT2D eigenvalue weighted by atomic mass is 16.2. The lowest BCUT2D eigenvalue weighted by atomic mass is 10.0. The fourth-order valence-electron chi connectivity index (χ4n) is 5.61. The van der Waals surface area contributed by atoms with Crippen LogP contribution >= 0.6 is 0 Å². The van der Waals surface area contributed by atoms with Crippen LogP contribution in [0.5, 0.6) is 0 Å². The number of fused-ring (bicyclic) bond motifs is 1. The van der Waals surface area contributed by atoms with Gasteiger partial charge in [-0.2, -0.15) is 0 Å². The van der Waals surface area contributed by atoms with Crippen molar-refractivity contribution in [2.24, 2.45) is 0 Å². The summed E-state index contributed by atoms with van der Waals surface area (Å²) in [4.78, 5) is 36.7. The van der Waals surface area contributed by atoms with Gasteiger partial charge in [-0.1, -0.05) is 12.8 Å². The summed E-state index contributed by atoms with van der Waals surface area (Å²) in [5, 5.41) is 6.55. The molecule has 2 fully saturated rings. The maximum Gasteiger partial charge on any atom is 0.251 e. The van der Waals surface area contributed by atoms with Gasteiger partial charge in [0.25, 0.3) is 5.91 Å². The summed E-state index contributed by atoms with van der Waals surface area (Å²) < 4.78 is 0. The molecule has 1 aromatic carbocycles. The second kappa shape index (κ2) is 9.85. The first-order chi connectivity index (χ1) is 16.9. The summed E-state index contributed by atoms with van der Waals surface area (Å²) in [5.74, 6) is 1.68. The molecule has 2 aliphatic heterocycles. The molecule has 0 spiro atoms. The molecule has 1 aromatic heterocycles. The molecule has 2 aromatic rings. The van der Waals surface area contributed by atoms with Gasteiger partial charge in [-0.25, -0.2) is 4.98 Å². The molecule has 3 aliphatic rings. The van der Waals surface area contributed by atoms with Gasteiger partial charge in [0.15, 0.2) is 5.82 Å². The number of pyridine rings is 1. The van der Waals surface area contributed by atoms with Crippen molar-refractivity contribution in [3.63, 3.8) is 0 Å². The molecular formula is C27H36N6O2. The van der Waals surface area contributed by atoms with Gasteiger partial charge < -0.3 is 25.3 Å². The summed E-state index contributed by atoms with van der Waals surface area (Å²) in [6.45, 7) is 4.02. The van der Waals surface area contributed by atoms with Gasteiger partial charge in [0.1, 0.15) is 11.9 Å². The minimum Gasteiger partial charge on any atom is -0.349 e. The normalized spacial score (nSPS) is 21.8. The maximum atomic E-state index is 12.9. The maximum absolute atomic E-state index is 12.9. The predicted octanol–water partition coefficient (Wildman–Crippen LogP) is 3.76. The first-order valence-corrected chi connectivity index (χ1v) is 12.8. The lowest BCUT2D eigenvalue weighted by molar-refractivity contribution is -0.119. The summed E-state index contributed by atoms with van der Waals surface area (Å²) in [6, 6.07) is 11.8. The van der Waals surface area contributed by atoms with Crippen molar-refractivity contribution in [2.75, 3.05) is 42.3 Å². The van der Waals surface area contributed by atoms with E-state index in [-0.39, 0.29) is 23.9 Å². The molecule has 35 heavy (non-hydrogen) atoms. The minimum absolute atomic E-state index is 0.0214. The molecule has 1 atom stereocenters. The monoisotopic (exact) mass is 476 g/mol. The van der Waals surface area contributed by atoms with Crippen LogP contribution in [0.2, 0.25) is 0 Å². The van der Waals surface area contributed by atoms with Crippen molar-refractivity contribution >= 4 is 34.8 Å². The zero-order valence-corrected chi connectivity index (χ0v) is 21.0. The van der Waals surface area contributed by atoms with Crippen molar-refractivity contribution in [1.29, 1.82) is 0 Å². The second-order valence-electron chi connectivity index (χ2n) is 10.2. The predicted molar refractivity (Wildman–Crippen MR) is 140 cm³/mol. The minimum atomic E-state index is -0.222. The fraction of sp³-hybridized carbons (Fsp3) is 0.519. The van der Waals surface area contributed by atoms with Crippen molar-refractivity contribution in [1.82, 2.24) is 15.2 Å². The zero-order valence-electron chi connectivity index (χ0n) is 21.0. The Bertz CT molecular complexity index is 1070. The van der Waals surface area contributed by atoms with Gasteiger partial charge in [-0.3, -0.25) is 9.59 Å². The van der Waals surface area contributed by atoms with E-state index in [9.17, 15) is 9.59 Å². The van der Waals surface area contributed by atoms with Crippen LogP contribution in [-0.4, -0.2) is 67.0 Å². The van der Waals surface area contributed by atoms with Gasteiger partial charge >= 0.3 is 0 Å². The van der Waals surface area contributed by atoms with E-state index in [1.54, 1.807) is 4.90 Å². The lowest BCUT2D eigenvalue weighted by Gasteiger charge is -2.42. The standard InChI is InChI=1S/C27H36N6O2/c1-18-27(35)32(3)23-12-13-24(30-25(23)33(18)22-6-4-5-7-22)28-20-10-8-19(9-11-20)26(34)29-21-14-16-31(2)17-15-21/h8-13,18,21-22H,4-7,14-17H2,1-3H3,(H,28,30)(H,29,34)/t18-/m0/s1.